The van der Waals surface area contributed by atoms with Crippen LogP contribution in [0, 0.1) is 0 Å². The third-order valence-electron chi connectivity index (χ3n) is 2.43. The van der Waals surface area contributed by atoms with E-state index in [1.807, 2.05) is 17.5 Å². The van der Waals surface area contributed by atoms with Gasteiger partial charge in [0.25, 0.3) is 0 Å². The molecule has 0 atom stereocenters. The lowest BCUT2D eigenvalue weighted by atomic mass is 10.2. The van der Waals surface area contributed by atoms with E-state index < -0.39 is 0 Å². The number of carbonyl (C=O) groups is 1. The first-order valence-corrected chi connectivity index (χ1v) is 6.64. The summed E-state index contributed by atoms with van der Waals surface area (Å²) in [6, 6.07) is 3.97. The van der Waals surface area contributed by atoms with Crippen molar-refractivity contribution >= 4 is 33.2 Å². The maximum atomic E-state index is 11.6. The lowest BCUT2D eigenvalue weighted by molar-refractivity contribution is -0.121. The second-order valence-corrected chi connectivity index (χ2v) is 5.31. The topological polar surface area (TPSA) is 29.1 Å². The Kier molecular flexibility index (Phi) is 2.93. The summed E-state index contributed by atoms with van der Waals surface area (Å²) in [4.78, 5) is 12.7. The van der Waals surface area contributed by atoms with Gasteiger partial charge in [-0.3, -0.25) is 4.79 Å². The van der Waals surface area contributed by atoms with E-state index in [4.69, 9.17) is 0 Å². The number of carbonyl (C=O) groups excluding carboxylic acids is 1. The number of halogens is 1. The van der Waals surface area contributed by atoms with Crippen molar-refractivity contribution in [3.05, 3.63) is 22.4 Å². The van der Waals surface area contributed by atoms with Gasteiger partial charge in [0.1, 0.15) is 0 Å². The number of alkyl halides is 1. The Bertz CT molecular complexity index is 319. The fraction of sp³-hybridized carbons (Fsp3) is 0.500. The molecule has 1 amide bonds. The lowest BCUT2D eigenvalue weighted by Crippen LogP contribution is -2.38. The van der Waals surface area contributed by atoms with Gasteiger partial charge >= 0.3 is 0 Å². The summed E-state index contributed by atoms with van der Waals surface area (Å²) in [7, 11) is 0. The minimum absolute atomic E-state index is 0.0777. The quantitative estimate of drug-likeness (QED) is 0.839. The number of hydrogen-bond donors (Lipinski definition) is 1. The molecular weight excluding hydrogens is 262 g/mol. The number of amides is 1. The number of rotatable bonds is 4. The van der Waals surface area contributed by atoms with Crippen molar-refractivity contribution in [2.45, 2.75) is 24.8 Å². The summed E-state index contributed by atoms with van der Waals surface area (Å²) in [5.74, 6) is 0.143. The summed E-state index contributed by atoms with van der Waals surface area (Å²) in [6.45, 7) is 0. The van der Waals surface area contributed by atoms with E-state index in [1.54, 1.807) is 11.3 Å². The zero-order chi connectivity index (χ0) is 10.0. The van der Waals surface area contributed by atoms with Crippen molar-refractivity contribution in [2.24, 2.45) is 0 Å². The van der Waals surface area contributed by atoms with Crippen LogP contribution in [0.5, 0.6) is 0 Å². The Morgan fingerprint density at radius 1 is 1.64 bits per heavy atom. The molecule has 76 valence electrons. The highest BCUT2D eigenvalue weighted by atomic mass is 79.9. The van der Waals surface area contributed by atoms with Gasteiger partial charge in [0.15, 0.2) is 0 Å². The molecular formula is C10H12BrNOS. The Balaban J connectivity index is 1.85. The molecule has 0 bridgehead atoms. The highest BCUT2D eigenvalue weighted by molar-refractivity contribution is 9.09. The standard InChI is InChI=1S/C10H12BrNOS/c11-7-10(3-4-10)12-9(13)6-8-2-1-5-14-8/h1-2,5H,3-4,6-7H2,(H,12,13). The first kappa shape index (κ1) is 10.2. The van der Waals surface area contributed by atoms with Gasteiger partial charge in [0, 0.05) is 15.7 Å². The van der Waals surface area contributed by atoms with E-state index >= 15 is 0 Å². The van der Waals surface area contributed by atoms with Crippen LogP contribution in [0.15, 0.2) is 17.5 Å². The van der Waals surface area contributed by atoms with E-state index in [1.165, 1.54) is 0 Å². The number of hydrogen-bond acceptors (Lipinski definition) is 2. The van der Waals surface area contributed by atoms with Crippen LogP contribution in [0.4, 0.5) is 0 Å². The normalized spacial score (nSPS) is 17.8. The third kappa shape index (κ3) is 2.36. The highest BCUT2D eigenvalue weighted by Crippen LogP contribution is 2.36. The first-order chi connectivity index (χ1) is 6.74. The largest absolute Gasteiger partial charge is 0.350 e. The lowest BCUT2D eigenvalue weighted by Gasteiger charge is -2.13. The van der Waals surface area contributed by atoms with Gasteiger partial charge in [-0.15, -0.1) is 11.3 Å². The highest BCUT2D eigenvalue weighted by Gasteiger charge is 2.42. The monoisotopic (exact) mass is 273 g/mol. The molecule has 14 heavy (non-hydrogen) atoms. The molecule has 1 aromatic rings. The van der Waals surface area contributed by atoms with Gasteiger partial charge in [-0.25, -0.2) is 0 Å². The summed E-state index contributed by atoms with van der Waals surface area (Å²) in [6.07, 6.45) is 2.73. The second-order valence-electron chi connectivity index (χ2n) is 3.72. The van der Waals surface area contributed by atoms with Crippen molar-refractivity contribution in [3.63, 3.8) is 0 Å². The van der Waals surface area contributed by atoms with E-state index in [0.717, 1.165) is 23.0 Å². The van der Waals surface area contributed by atoms with Crippen molar-refractivity contribution in [1.29, 1.82) is 0 Å². The van der Waals surface area contributed by atoms with Crippen LogP contribution in [0.1, 0.15) is 17.7 Å². The Labute approximate surface area is 95.8 Å². The van der Waals surface area contributed by atoms with Gasteiger partial charge in [0.2, 0.25) is 5.91 Å². The van der Waals surface area contributed by atoms with Gasteiger partial charge in [-0.05, 0) is 24.3 Å². The second kappa shape index (κ2) is 4.03. The average Bonchev–Trinajstić information content (AvgIpc) is 2.74. The maximum Gasteiger partial charge on any atom is 0.225 e. The molecule has 0 radical (unpaired) electrons. The van der Waals surface area contributed by atoms with Crippen molar-refractivity contribution in [1.82, 2.24) is 5.32 Å². The van der Waals surface area contributed by atoms with Crippen LogP contribution in [0.3, 0.4) is 0 Å². The molecule has 2 nitrogen and oxygen atoms in total. The minimum atomic E-state index is 0.0777. The van der Waals surface area contributed by atoms with Gasteiger partial charge in [-0.2, -0.15) is 0 Å². The van der Waals surface area contributed by atoms with E-state index in [-0.39, 0.29) is 11.4 Å². The van der Waals surface area contributed by atoms with Crippen LogP contribution in [0.2, 0.25) is 0 Å². The summed E-state index contributed by atoms with van der Waals surface area (Å²) in [5.41, 5.74) is 0.0777. The molecule has 0 spiro atoms. The van der Waals surface area contributed by atoms with E-state index in [9.17, 15) is 4.79 Å². The predicted molar refractivity (Wildman–Crippen MR) is 61.9 cm³/mol. The molecule has 1 fully saturated rings. The molecule has 0 unspecified atom stereocenters. The predicted octanol–water partition coefficient (Wildman–Crippen LogP) is 2.33. The van der Waals surface area contributed by atoms with Crippen molar-refractivity contribution in [2.75, 3.05) is 5.33 Å². The number of thiophene rings is 1. The zero-order valence-electron chi connectivity index (χ0n) is 7.75. The third-order valence-corrected chi connectivity index (χ3v) is 4.38. The van der Waals surface area contributed by atoms with Crippen LogP contribution in [-0.2, 0) is 11.2 Å². The molecule has 0 aliphatic heterocycles. The molecule has 1 heterocycles. The molecule has 4 heteroatoms. The molecule has 1 N–H and O–H groups in total. The van der Waals surface area contributed by atoms with Crippen LogP contribution in [0.25, 0.3) is 0 Å². The summed E-state index contributed by atoms with van der Waals surface area (Å²) < 4.78 is 0. The summed E-state index contributed by atoms with van der Waals surface area (Å²) in [5, 5.41) is 5.95. The summed E-state index contributed by atoms with van der Waals surface area (Å²) >= 11 is 5.06. The maximum absolute atomic E-state index is 11.6. The van der Waals surface area contributed by atoms with Gasteiger partial charge in [-0.1, -0.05) is 22.0 Å². The molecule has 1 aromatic heterocycles. The Hall–Kier alpha value is -0.350. The van der Waals surface area contributed by atoms with Gasteiger partial charge in [0.05, 0.1) is 6.42 Å². The average molecular weight is 274 g/mol. The molecule has 0 saturated heterocycles. The van der Waals surface area contributed by atoms with Crippen molar-refractivity contribution in [3.8, 4) is 0 Å². The molecule has 1 aliphatic carbocycles. The van der Waals surface area contributed by atoms with Crippen molar-refractivity contribution < 1.29 is 4.79 Å². The van der Waals surface area contributed by atoms with E-state index in [0.29, 0.717) is 6.42 Å². The van der Waals surface area contributed by atoms with E-state index in [2.05, 4.69) is 21.2 Å². The zero-order valence-corrected chi connectivity index (χ0v) is 10.2. The van der Waals surface area contributed by atoms with Crippen LogP contribution < -0.4 is 5.32 Å². The Morgan fingerprint density at radius 2 is 2.43 bits per heavy atom. The van der Waals surface area contributed by atoms with Crippen LogP contribution in [-0.4, -0.2) is 16.8 Å². The SMILES string of the molecule is O=C(Cc1cccs1)NC1(CBr)CC1. The molecule has 1 saturated carbocycles. The smallest absolute Gasteiger partial charge is 0.225 e. The Morgan fingerprint density at radius 3 is 2.93 bits per heavy atom. The molecule has 2 rings (SSSR count). The van der Waals surface area contributed by atoms with Gasteiger partial charge < -0.3 is 5.32 Å². The fourth-order valence-electron chi connectivity index (χ4n) is 1.35. The molecule has 1 aliphatic rings. The first-order valence-electron chi connectivity index (χ1n) is 4.63. The number of nitrogens with one attached hydrogen (secondary N) is 1. The minimum Gasteiger partial charge on any atom is -0.350 e. The fourth-order valence-corrected chi connectivity index (χ4v) is 2.76. The van der Waals surface area contributed by atoms with Crippen LogP contribution >= 0.6 is 27.3 Å². The molecule has 0 aromatic carbocycles.